The molecule has 23 heavy (non-hydrogen) atoms. The van der Waals surface area contributed by atoms with Gasteiger partial charge in [-0.25, -0.2) is 4.79 Å². The molecule has 0 aromatic heterocycles. The molecule has 4 heteroatoms. The molecular formula is C19H28N2O2. The number of hydrogen-bond acceptors (Lipinski definition) is 3. The third-order valence-corrected chi connectivity index (χ3v) is 5.04. The quantitative estimate of drug-likeness (QED) is 0.925. The van der Waals surface area contributed by atoms with Gasteiger partial charge in [0, 0.05) is 25.2 Å². The van der Waals surface area contributed by atoms with Gasteiger partial charge in [-0.05, 0) is 51.5 Å². The molecule has 1 aromatic rings. The van der Waals surface area contributed by atoms with E-state index < -0.39 is 5.60 Å². The number of benzene rings is 1. The summed E-state index contributed by atoms with van der Waals surface area (Å²) in [6, 6.07) is 11.2. The van der Waals surface area contributed by atoms with E-state index in [0.717, 1.165) is 19.5 Å². The molecule has 2 bridgehead atoms. The normalized spacial score (nSPS) is 27.5. The molecule has 2 heterocycles. The van der Waals surface area contributed by atoms with Gasteiger partial charge in [-0.3, -0.25) is 0 Å². The molecule has 1 saturated carbocycles. The van der Waals surface area contributed by atoms with Gasteiger partial charge in [-0.15, -0.1) is 0 Å². The molecule has 2 saturated heterocycles. The maximum Gasteiger partial charge on any atom is 0.410 e. The fourth-order valence-electron chi connectivity index (χ4n) is 3.94. The predicted octanol–water partition coefficient (Wildman–Crippen LogP) is 3.42. The second kappa shape index (κ2) is 6.16. The van der Waals surface area contributed by atoms with Crippen LogP contribution >= 0.6 is 0 Å². The third-order valence-electron chi connectivity index (χ3n) is 5.04. The van der Waals surface area contributed by atoms with Crippen LogP contribution in [0.4, 0.5) is 4.79 Å². The molecule has 2 aliphatic heterocycles. The summed E-state index contributed by atoms with van der Waals surface area (Å²) < 4.78 is 5.54. The van der Waals surface area contributed by atoms with Crippen LogP contribution < -0.4 is 5.32 Å². The third kappa shape index (κ3) is 3.52. The van der Waals surface area contributed by atoms with Crippen molar-refractivity contribution >= 4 is 6.09 Å². The van der Waals surface area contributed by atoms with Crippen LogP contribution in [0.25, 0.3) is 0 Å². The number of hydrogen-bond donors (Lipinski definition) is 1. The van der Waals surface area contributed by atoms with E-state index in [2.05, 4.69) is 36.5 Å². The summed E-state index contributed by atoms with van der Waals surface area (Å²) >= 11 is 0. The minimum absolute atomic E-state index is 0.150. The van der Waals surface area contributed by atoms with Crippen LogP contribution in [-0.2, 0) is 11.3 Å². The van der Waals surface area contributed by atoms with Crippen LogP contribution in [0.3, 0.4) is 0 Å². The van der Waals surface area contributed by atoms with Gasteiger partial charge in [-0.1, -0.05) is 30.3 Å². The highest BCUT2D eigenvalue weighted by molar-refractivity contribution is 5.69. The standard InChI is InChI=1S/C19H28N2O2/c1-13(20-11-14-8-6-5-7-9-14)17-15-10-16(17)21(12-15)18(22)23-19(2,3)4/h5-9,13,15-17,20H,10-12H2,1-4H3. The summed E-state index contributed by atoms with van der Waals surface area (Å²) in [7, 11) is 0. The number of carbonyl (C=O) groups excluding carboxylic acids is 1. The number of rotatable bonds is 4. The summed E-state index contributed by atoms with van der Waals surface area (Å²) in [4.78, 5) is 14.3. The van der Waals surface area contributed by atoms with Crippen LogP contribution in [0.5, 0.6) is 0 Å². The van der Waals surface area contributed by atoms with E-state index in [9.17, 15) is 4.79 Å². The fourth-order valence-corrected chi connectivity index (χ4v) is 3.94. The van der Waals surface area contributed by atoms with Gasteiger partial charge in [0.15, 0.2) is 0 Å². The molecule has 1 aliphatic carbocycles. The zero-order valence-electron chi connectivity index (χ0n) is 14.6. The van der Waals surface area contributed by atoms with E-state index in [-0.39, 0.29) is 6.09 Å². The Balaban J connectivity index is 1.54. The lowest BCUT2D eigenvalue weighted by molar-refractivity contribution is 0.0181. The van der Waals surface area contributed by atoms with Crippen LogP contribution in [0.2, 0.25) is 0 Å². The number of carbonyl (C=O) groups is 1. The lowest BCUT2D eigenvalue weighted by Crippen LogP contribution is -2.51. The Morgan fingerprint density at radius 2 is 2.04 bits per heavy atom. The van der Waals surface area contributed by atoms with Crippen molar-refractivity contribution in [1.82, 2.24) is 10.2 Å². The molecular weight excluding hydrogens is 288 g/mol. The van der Waals surface area contributed by atoms with Crippen molar-refractivity contribution in [3.05, 3.63) is 35.9 Å². The minimum atomic E-state index is -0.420. The molecule has 4 atom stereocenters. The maximum atomic E-state index is 12.3. The van der Waals surface area contributed by atoms with Crippen molar-refractivity contribution in [3.8, 4) is 0 Å². The summed E-state index contributed by atoms with van der Waals surface area (Å²) in [5, 5.41) is 3.63. The minimum Gasteiger partial charge on any atom is -0.444 e. The van der Waals surface area contributed by atoms with Gasteiger partial charge in [0.25, 0.3) is 0 Å². The molecule has 1 amide bonds. The molecule has 0 spiro atoms. The highest BCUT2D eigenvalue weighted by Gasteiger charge is 2.56. The van der Waals surface area contributed by atoms with E-state index in [4.69, 9.17) is 4.74 Å². The monoisotopic (exact) mass is 316 g/mol. The maximum absolute atomic E-state index is 12.3. The second-order valence-electron chi connectivity index (χ2n) is 7.93. The van der Waals surface area contributed by atoms with Crippen LogP contribution in [0.15, 0.2) is 30.3 Å². The van der Waals surface area contributed by atoms with Crippen molar-refractivity contribution in [2.24, 2.45) is 11.8 Å². The first-order chi connectivity index (χ1) is 10.8. The number of nitrogens with zero attached hydrogens (tertiary/aromatic N) is 1. The fraction of sp³-hybridized carbons (Fsp3) is 0.632. The van der Waals surface area contributed by atoms with E-state index in [1.54, 1.807) is 0 Å². The first kappa shape index (κ1) is 16.3. The Labute approximate surface area is 139 Å². The average Bonchev–Trinajstić information content (AvgIpc) is 3.04. The van der Waals surface area contributed by atoms with Crippen molar-refractivity contribution in [3.63, 3.8) is 0 Å². The second-order valence-corrected chi connectivity index (χ2v) is 7.93. The summed E-state index contributed by atoms with van der Waals surface area (Å²) in [5.41, 5.74) is 0.881. The summed E-state index contributed by atoms with van der Waals surface area (Å²) in [6.07, 6.45) is 0.976. The lowest BCUT2D eigenvalue weighted by Gasteiger charge is -2.41. The number of ether oxygens (including phenoxy) is 1. The van der Waals surface area contributed by atoms with E-state index in [1.807, 2.05) is 31.7 Å². The molecule has 1 N–H and O–H groups in total. The molecule has 126 valence electrons. The highest BCUT2D eigenvalue weighted by atomic mass is 16.6. The summed E-state index contributed by atoms with van der Waals surface area (Å²) in [5.74, 6) is 1.16. The van der Waals surface area contributed by atoms with Crippen molar-refractivity contribution in [2.75, 3.05) is 6.54 Å². The van der Waals surface area contributed by atoms with E-state index in [1.165, 1.54) is 5.56 Å². The Morgan fingerprint density at radius 3 is 2.70 bits per heavy atom. The van der Waals surface area contributed by atoms with E-state index >= 15 is 0 Å². The van der Waals surface area contributed by atoms with Crippen LogP contribution in [0, 0.1) is 11.8 Å². The average molecular weight is 316 g/mol. The zero-order chi connectivity index (χ0) is 16.6. The summed E-state index contributed by atoms with van der Waals surface area (Å²) in [6.45, 7) is 9.74. The van der Waals surface area contributed by atoms with Crippen molar-refractivity contribution in [1.29, 1.82) is 0 Å². The lowest BCUT2D eigenvalue weighted by atomic mass is 9.70. The largest absolute Gasteiger partial charge is 0.444 e. The zero-order valence-corrected chi connectivity index (χ0v) is 14.6. The van der Waals surface area contributed by atoms with E-state index in [0.29, 0.717) is 23.9 Å². The van der Waals surface area contributed by atoms with Crippen molar-refractivity contribution in [2.45, 2.75) is 58.3 Å². The smallest absolute Gasteiger partial charge is 0.410 e. The Bertz CT molecular complexity index is 552. The molecule has 4 unspecified atom stereocenters. The molecule has 4 nitrogen and oxygen atoms in total. The molecule has 3 aliphatic rings. The number of amides is 1. The topological polar surface area (TPSA) is 41.6 Å². The van der Waals surface area contributed by atoms with Crippen LogP contribution in [-0.4, -0.2) is 35.2 Å². The highest BCUT2D eigenvalue weighted by Crippen LogP contribution is 2.48. The van der Waals surface area contributed by atoms with Gasteiger partial charge in [0.05, 0.1) is 0 Å². The van der Waals surface area contributed by atoms with Gasteiger partial charge in [-0.2, -0.15) is 0 Å². The Kier molecular flexibility index (Phi) is 4.37. The van der Waals surface area contributed by atoms with Gasteiger partial charge < -0.3 is 15.0 Å². The Morgan fingerprint density at radius 1 is 1.35 bits per heavy atom. The molecule has 3 fully saturated rings. The van der Waals surface area contributed by atoms with Gasteiger partial charge in [0.2, 0.25) is 0 Å². The Hall–Kier alpha value is -1.55. The number of fused-ring (bicyclic) bond motifs is 1. The molecule has 1 aromatic carbocycles. The molecule has 4 rings (SSSR count). The van der Waals surface area contributed by atoms with Crippen molar-refractivity contribution < 1.29 is 9.53 Å². The van der Waals surface area contributed by atoms with Crippen LogP contribution in [0.1, 0.15) is 39.7 Å². The first-order valence-corrected chi connectivity index (χ1v) is 8.62. The molecule has 0 radical (unpaired) electrons. The van der Waals surface area contributed by atoms with Gasteiger partial charge >= 0.3 is 6.09 Å². The number of nitrogens with one attached hydrogen (secondary N) is 1. The SMILES string of the molecule is CC(NCc1ccccc1)C1C2CC1N(C(=O)OC(C)(C)C)C2. The predicted molar refractivity (Wildman–Crippen MR) is 91.1 cm³/mol. The van der Waals surface area contributed by atoms with Gasteiger partial charge in [0.1, 0.15) is 5.60 Å². The first-order valence-electron chi connectivity index (χ1n) is 8.62.